The summed E-state index contributed by atoms with van der Waals surface area (Å²) in [6.07, 6.45) is 5.25. The molecule has 2 aromatic rings. The molecule has 0 radical (unpaired) electrons. The number of thiocarbonyl (C=S) groups is 1. The van der Waals surface area contributed by atoms with E-state index in [9.17, 15) is 14.4 Å². The first-order valence-corrected chi connectivity index (χ1v) is 11.9. The molecule has 2 aliphatic heterocycles. The van der Waals surface area contributed by atoms with Crippen LogP contribution in [-0.4, -0.2) is 49.6 Å². The van der Waals surface area contributed by atoms with Crippen molar-refractivity contribution in [2.75, 3.05) is 18.0 Å². The number of hydrogen-bond donors (Lipinski definition) is 1. The maximum atomic E-state index is 13.4. The van der Waals surface area contributed by atoms with Gasteiger partial charge < -0.3 is 10.6 Å². The first kappa shape index (κ1) is 22.5. The van der Waals surface area contributed by atoms with Crippen molar-refractivity contribution in [1.82, 2.24) is 14.3 Å². The Morgan fingerprint density at radius 2 is 2.06 bits per heavy atom. The van der Waals surface area contributed by atoms with Gasteiger partial charge in [-0.15, -0.1) is 0 Å². The normalized spacial score (nSPS) is 19.9. The van der Waals surface area contributed by atoms with Crippen LogP contribution in [0.5, 0.6) is 0 Å². The van der Waals surface area contributed by atoms with Gasteiger partial charge in [-0.2, -0.15) is 0 Å². The number of carbonyl (C=O) groups excluding carboxylic acids is 2. The Morgan fingerprint density at radius 3 is 2.72 bits per heavy atom. The number of anilines is 1. The van der Waals surface area contributed by atoms with Gasteiger partial charge in [0.1, 0.15) is 15.8 Å². The number of carbonyl (C=O) groups is 2. The van der Waals surface area contributed by atoms with Gasteiger partial charge in [0, 0.05) is 31.2 Å². The van der Waals surface area contributed by atoms with Crippen molar-refractivity contribution in [2.45, 2.75) is 39.2 Å². The Morgan fingerprint density at radius 1 is 1.34 bits per heavy atom. The summed E-state index contributed by atoms with van der Waals surface area (Å²) >= 11 is 6.64. The molecule has 4 rings (SSSR count). The average Bonchev–Trinajstić information content (AvgIpc) is 3.07. The minimum atomic E-state index is -0.301. The smallest absolute Gasteiger partial charge is 0.267 e. The zero-order valence-electron chi connectivity index (χ0n) is 18.0. The zero-order chi connectivity index (χ0) is 23.0. The Balaban J connectivity index is 1.79. The second kappa shape index (κ2) is 9.03. The fourth-order valence-corrected chi connectivity index (χ4v) is 5.45. The number of nitrogens with zero attached hydrogens (tertiary/aromatic N) is 4. The number of hydrogen-bond acceptors (Lipinski definition) is 7. The summed E-state index contributed by atoms with van der Waals surface area (Å²) in [5.41, 5.74) is 6.08. The van der Waals surface area contributed by atoms with E-state index in [1.54, 1.807) is 29.3 Å². The zero-order valence-corrected chi connectivity index (χ0v) is 19.6. The fraction of sp³-hybridized carbons (Fsp3) is 0.409. The molecule has 2 amide bonds. The molecule has 4 heterocycles. The van der Waals surface area contributed by atoms with Crippen LogP contribution in [0.2, 0.25) is 0 Å². The van der Waals surface area contributed by atoms with Crippen LogP contribution in [0.1, 0.15) is 38.7 Å². The lowest BCUT2D eigenvalue weighted by Gasteiger charge is -2.32. The molecule has 8 nitrogen and oxygen atoms in total. The maximum absolute atomic E-state index is 13.4. The third-order valence-electron chi connectivity index (χ3n) is 6.08. The topological polar surface area (TPSA) is 101 Å². The Labute approximate surface area is 195 Å². The summed E-state index contributed by atoms with van der Waals surface area (Å²) in [6.45, 7) is 5.06. The number of nitrogens with two attached hydrogens (primary N) is 1. The number of primary amides is 1. The highest BCUT2D eigenvalue weighted by molar-refractivity contribution is 8.26. The molecule has 0 spiro atoms. The van der Waals surface area contributed by atoms with E-state index in [0.717, 1.165) is 6.42 Å². The molecule has 2 saturated heterocycles. The van der Waals surface area contributed by atoms with Crippen molar-refractivity contribution in [3.05, 3.63) is 45.2 Å². The van der Waals surface area contributed by atoms with E-state index < -0.39 is 0 Å². The van der Waals surface area contributed by atoms with Crippen LogP contribution in [0.25, 0.3) is 11.7 Å². The second-order valence-electron chi connectivity index (χ2n) is 8.06. The third-order valence-corrected chi connectivity index (χ3v) is 7.41. The monoisotopic (exact) mass is 471 g/mol. The van der Waals surface area contributed by atoms with Gasteiger partial charge in [-0.3, -0.25) is 23.7 Å². The summed E-state index contributed by atoms with van der Waals surface area (Å²) in [6, 6.07) is 5.34. The van der Waals surface area contributed by atoms with E-state index >= 15 is 0 Å². The number of pyridine rings is 1. The highest BCUT2D eigenvalue weighted by Crippen LogP contribution is 2.35. The average molecular weight is 472 g/mol. The third kappa shape index (κ3) is 4.04. The molecule has 32 heavy (non-hydrogen) atoms. The highest BCUT2D eigenvalue weighted by atomic mass is 32.2. The Hall–Kier alpha value is -2.72. The Kier molecular flexibility index (Phi) is 6.34. The quantitative estimate of drug-likeness (QED) is 0.528. The molecule has 2 N–H and O–H groups in total. The molecule has 2 fully saturated rings. The number of thioether (sulfide) groups is 1. The van der Waals surface area contributed by atoms with E-state index in [4.69, 9.17) is 22.9 Å². The molecule has 2 aliphatic rings. The van der Waals surface area contributed by atoms with Crippen molar-refractivity contribution >= 4 is 57.7 Å². The van der Waals surface area contributed by atoms with Gasteiger partial charge in [-0.25, -0.2) is 4.98 Å². The summed E-state index contributed by atoms with van der Waals surface area (Å²) in [7, 11) is 0. The van der Waals surface area contributed by atoms with Gasteiger partial charge >= 0.3 is 0 Å². The minimum Gasteiger partial charge on any atom is -0.369 e. The van der Waals surface area contributed by atoms with Crippen LogP contribution >= 0.6 is 24.0 Å². The first-order chi connectivity index (χ1) is 15.3. The minimum absolute atomic E-state index is 0.0171. The van der Waals surface area contributed by atoms with Gasteiger partial charge in [0.05, 0.1) is 10.5 Å². The molecule has 168 valence electrons. The van der Waals surface area contributed by atoms with E-state index in [1.807, 2.05) is 24.8 Å². The molecular formula is C22H25N5O3S2. The van der Waals surface area contributed by atoms with Gasteiger partial charge in [-0.1, -0.05) is 37.0 Å². The molecule has 0 saturated carbocycles. The predicted molar refractivity (Wildman–Crippen MR) is 130 cm³/mol. The largest absolute Gasteiger partial charge is 0.369 e. The second-order valence-corrected chi connectivity index (χ2v) is 9.73. The van der Waals surface area contributed by atoms with E-state index in [1.165, 1.54) is 16.2 Å². The lowest BCUT2D eigenvalue weighted by molar-refractivity contribution is -0.123. The number of aromatic nitrogens is 2. The number of fused-ring (bicyclic) bond motifs is 1. The lowest BCUT2D eigenvalue weighted by atomic mass is 9.96. The van der Waals surface area contributed by atoms with E-state index in [2.05, 4.69) is 0 Å². The maximum Gasteiger partial charge on any atom is 0.267 e. The number of piperidine rings is 1. The molecule has 0 aliphatic carbocycles. The summed E-state index contributed by atoms with van der Waals surface area (Å²) in [4.78, 5) is 46.8. The van der Waals surface area contributed by atoms with E-state index in [0.29, 0.717) is 52.2 Å². The molecule has 0 unspecified atom stereocenters. The van der Waals surface area contributed by atoms with Crippen molar-refractivity contribution in [1.29, 1.82) is 0 Å². The summed E-state index contributed by atoms with van der Waals surface area (Å²) in [5.74, 6) is -0.156. The highest BCUT2D eigenvalue weighted by Gasteiger charge is 2.35. The fourth-order valence-electron chi connectivity index (χ4n) is 4.01. The molecule has 0 bridgehead atoms. The standard InChI is InChI=1S/C22H25N5O3S2/c1-3-13(2)27-21(30)16(32-22(27)31)12-15-19(25-10-7-14(8-11-25)18(23)28)24-17-6-4-5-9-26(17)20(15)29/h4-6,9,12-14H,3,7-8,10-11H2,1-2H3,(H2,23,28)/b16-12-/t13-/m1/s1. The summed E-state index contributed by atoms with van der Waals surface area (Å²) in [5, 5.41) is 0. The summed E-state index contributed by atoms with van der Waals surface area (Å²) < 4.78 is 1.97. The Bertz CT molecular complexity index is 1180. The molecule has 10 heteroatoms. The van der Waals surface area contributed by atoms with Crippen molar-refractivity contribution in [3.8, 4) is 0 Å². The van der Waals surface area contributed by atoms with Gasteiger partial charge in [0.25, 0.3) is 11.5 Å². The van der Waals surface area contributed by atoms with Crippen molar-refractivity contribution in [3.63, 3.8) is 0 Å². The molecular weight excluding hydrogens is 446 g/mol. The van der Waals surface area contributed by atoms with Crippen LogP contribution in [0, 0.1) is 5.92 Å². The van der Waals surface area contributed by atoms with Crippen LogP contribution in [0.4, 0.5) is 5.82 Å². The van der Waals surface area contributed by atoms with Gasteiger partial charge in [0.2, 0.25) is 5.91 Å². The first-order valence-electron chi connectivity index (χ1n) is 10.6. The van der Waals surface area contributed by atoms with Crippen LogP contribution in [-0.2, 0) is 9.59 Å². The lowest BCUT2D eigenvalue weighted by Crippen LogP contribution is -2.40. The van der Waals surface area contributed by atoms with Crippen LogP contribution < -0.4 is 16.2 Å². The van der Waals surface area contributed by atoms with Gasteiger partial charge in [-0.05, 0) is 44.4 Å². The predicted octanol–water partition coefficient (Wildman–Crippen LogP) is 2.40. The molecule has 1 atom stereocenters. The van der Waals surface area contributed by atoms with Crippen molar-refractivity contribution < 1.29 is 9.59 Å². The molecule has 0 aromatic carbocycles. The number of amides is 2. The number of rotatable bonds is 5. The van der Waals surface area contributed by atoms with Crippen LogP contribution in [0.3, 0.4) is 0 Å². The van der Waals surface area contributed by atoms with Gasteiger partial charge in [0.15, 0.2) is 0 Å². The van der Waals surface area contributed by atoms with Crippen LogP contribution in [0.15, 0.2) is 34.1 Å². The SMILES string of the molecule is CC[C@@H](C)N1C(=O)/C(=C/c2c(N3CCC(C(N)=O)CC3)nc3ccccn3c2=O)SC1=S. The van der Waals surface area contributed by atoms with E-state index in [-0.39, 0.29) is 29.3 Å². The molecule has 2 aromatic heterocycles. The van der Waals surface area contributed by atoms with Crippen molar-refractivity contribution in [2.24, 2.45) is 11.7 Å².